The molecule has 0 unspecified atom stereocenters. The van der Waals surface area contributed by atoms with Gasteiger partial charge in [0.25, 0.3) is 0 Å². The third-order valence-electron chi connectivity index (χ3n) is 12.9. The summed E-state index contributed by atoms with van der Waals surface area (Å²) < 4.78 is 9.05. The van der Waals surface area contributed by atoms with E-state index in [9.17, 15) is 0 Å². The predicted molar refractivity (Wildman–Crippen MR) is 259 cm³/mol. The summed E-state index contributed by atoms with van der Waals surface area (Å²) >= 11 is 1.87. The Balaban J connectivity index is 0.909. The number of benzene rings is 9. The zero-order valence-corrected chi connectivity index (χ0v) is 34.7. The first-order valence-corrected chi connectivity index (χ1v) is 22.1. The summed E-state index contributed by atoms with van der Waals surface area (Å²) in [5, 5.41) is 4.72. The SMILES string of the molecule is c1ccc(-c2nc(-c3ccc(-c4ccc(C5(c6ccc7c(c6)sc6ccccc67)c6ccccc6-c6ccccc65)cc4)cc3)nc(-c3cccc4c3oc3ccccc34)n2)cc1. The monoisotopic (exact) mass is 821 g/mol. The Morgan fingerprint density at radius 1 is 0.349 bits per heavy atom. The minimum absolute atomic E-state index is 0.487. The molecule has 0 atom stereocenters. The summed E-state index contributed by atoms with van der Waals surface area (Å²) in [6.45, 7) is 0. The summed E-state index contributed by atoms with van der Waals surface area (Å²) in [4.78, 5) is 15.2. The van der Waals surface area contributed by atoms with Gasteiger partial charge in [0, 0.05) is 42.1 Å². The van der Waals surface area contributed by atoms with Gasteiger partial charge in [-0.3, -0.25) is 0 Å². The lowest BCUT2D eigenvalue weighted by atomic mass is 9.67. The van der Waals surface area contributed by atoms with Crippen LogP contribution in [-0.4, -0.2) is 15.0 Å². The van der Waals surface area contributed by atoms with Crippen molar-refractivity contribution in [3.8, 4) is 56.4 Å². The van der Waals surface area contributed by atoms with Gasteiger partial charge in [0.05, 0.1) is 11.0 Å². The lowest BCUT2D eigenvalue weighted by molar-refractivity contribution is 0.669. The maximum absolute atomic E-state index is 6.43. The zero-order chi connectivity index (χ0) is 41.5. The van der Waals surface area contributed by atoms with Gasteiger partial charge in [0.1, 0.15) is 11.2 Å². The topological polar surface area (TPSA) is 51.8 Å². The van der Waals surface area contributed by atoms with Crippen LogP contribution in [0.15, 0.2) is 217 Å². The average molecular weight is 822 g/mol. The Labute approximate surface area is 367 Å². The van der Waals surface area contributed by atoms with Crippen molar-refractivity contribution in [2.45, 2.75) is 5.41 Å². The number of thiophene rings is 1. The predicted octanol–water partition coefficient (Wildman–Crippen LogP) is 15.2. The second-order valence-electron chi connectivity index (χ2n) is 16.3. The van der Waals surface area contributed by atoms with Gasteiger partial charge in [0.2, 0.25) is 0 Å². The third-order valence-corrected chi connectivity index (χ3v) is 14.0. The van der Waals surface area contributed by atoms with Crippen molar-refractivity contribution >= 4 is 53.4 Å². The Kier molecular flexibility index (Phi) is 7.96. The number of aromatic nitrogens is 3. The molecule has 3 heterocycles. The van der Waals surface area contributed by atoms with Crippen LogP contribution in [0.25, 0.3) is 98.5 Å². The van der Waals surface area contributed by atoms with E-state index in [0.29, 0.717) is 17.5 Å². The van der Waals surface area contributed by atoms with Crippen LogP contribution in [0, 0.1) is 0 Å². The fourth-order valence-corrected chi connectivity index (χ4v) is 11.1. The molecule has 0 aliphatic heterocycles. The Hall–Kier alpha value is -7.99. The van der Waals surface area contributed by atoms with Gasteiger partial charge in [-0.2, -0.15) is 0 Å². The number of fused-ring (bicyclic) bond motifs is 9. The summed E-state index contributed by atoms with van der Waals surface area (Å²) in [6.07, 6.45) is 0. The minimum atomic E-state index is -0.487. The van der Waals surface area contributed by atoms with Crippen LogP contribution in [0.3, 0.4) is 0 Å². The van der Waals surface area contributed by atoms with Gasteiger partial charge in [-0.1, -0.05) is 188 Å². The molecule has 0 fully saturated rings. The van der Waals surface area contributed by atoms with Crippen LogP contribution in [0.2, 0.25) is 0 Å². The highest BCUT2D eigenvalue weighted by Crippen LogP contribution is 2.57. The quantitative estimate of drug-likeness (QED) is 0.168. The number of hydrogen-bond acceptors (Lipinski definition) is 5. The van der Waals surface area contributed by atoms with Gasteiger partial charge in [0.15, 0.2) is 17.5 Å². The first-order chi connectivity index (χ1) is 31.2. The molecule has 0 radical (unpaired) electrons. The Bertz CT molecular complexity index is 3690. The van der Waals surface area contributed by atoms with E-state index >= 15 is 0 Å². The molecule has 4 nitrogen and oxygen atoms in total. The highest BCUT2D eigenvalue weighted by atomic mass is 32.1. The fourth-order valence-electron chi connectivity index (χ4n) is 9.97. The summed E-state index contributed by atoms with van der Waals surface area (Å²) in [5.41, 5.74) is 13.7. The molecule has 0 saturated carbocycles. The van der Waals surface area contributed by atoms with Crippen LogP contribution in [0.1, 0.15) is 22.3 Å². The molecule has 294 valence electrons. The maximum Gasteiger partial charge on any atom is 0.167 e. The average Bonchev–Trinajstić information content (AvgIpc) is 4.03. The second kappa shape index (κ2) is 14.0. The first-order valence-electron chi connectivity index (χ1n) is 21.3. The van der Waals surface area contributed by atoms with Gasteiger partial charge in [-0.05, 0) is 68.8 Å². The first kappa shape index (κ1) is 35.7. The molecule has 13 rings (SSSR count). The summed E-state index contributed by atoms with van der Waals surface area (Å²) in [7, 11) is 0. The van der Waals surface area contributed by atoms with Crippen LogP contribution < -0.4 is 0 Å². The van der Waals surface area contributed by atoms with E-state index in [-0.39, 0.29) is 0 Å². The molecule has 1 aliphatic carbocycles. The highest BCUT2D eigenvalue weighted by molar-refractivity contribution is 7.25. The van der Waals surface area contributed by atoms with Crippen LogP contribution in [-0.2, 0) is 5.41 Å². The molecule has 12 aromatic rings. The van der Waals surface area contributed by atoms with E-state index in [0.717, 1.165) is 49.8 Å². The lowest BCUT2D eigenvalue weighted by Gasteiger charge is -2.34. The number of furan rings is 1. The number of hydrogen-bond donors (Lipinski definition) is 0. The summed E-state index contributed by atoms with van der Waals surface area (Å²) in [6, 6.07) is 75.9. The number of rotatable bonds is 6. The Morgan fingerprint density at radius 3 is 1.62 bits per heavy atom. The van der Waals surface area contributed by atoms with Crippen molar-refractivity contribution in [2.75, 3.05) is 0 Å². The third kappa shape index (κ3) is 5.50. The van der Waals surface area contributed by atoms with E-state index < -0.39 is 5.41 Å². The molecule has 0 N–H and O–H groups in total. The molecule has 9 aromatic carbocycles. The largest absolute Gasteiger partial charge is 0.455 e. The normalized spacial score (nSPS) is 12.9. The van der Waals surface area contributed by atoms with Crippen LogP contribution in [0.5, 0.6) is 0 Å². The van der Waals surface area contributed by atoms with Crippen molar-refractivity contribution in [3.05, 3.63) is 235 Å². The van der Waals surface area contributed by atoms with Gasteiger partial charge >= 0.3 is 0 Å². The van der Waals surface area contributed by atoms with Crippen molar-refractivity contribution < 1.29 is 4.42 Å². The van der Waals surface area contributed by atoms with Crippen LogP contribution >= 0.6 is 11.3 Å². The van der Waals surface area contributed by atoms with Crippen LogP contribution in [0.4, 0.5) is 0 Å². The molecular weight excluding hydrogens is 787 g/mol. The van der Waals surface area contributed by atoms with E-state index in [1.54, 1.807) is 0 Å². The molecule has 63 heavy (non-hydrogen) atoms. The summed E-state index contributed by atoms with van der Waals surface area (Å²) in [5.74, 6) is 1.78. The molecule has 0 saturated heterocycles. The molecule has 0 amide bonds. The van der Waals surface area contributed by atoms with E-state index in [4.69, 9.17) is 19.4 Å². The van der Waals surface area contributed by atoms with E-state index in [1.165, 1.54) is 53.6 Å². The standard InChI is InChI=1S/C58H35N3OS/c1-2-13-38(14-3-1)55-59-56(61-57(60-55)48-20-12-19-47-44-17-6-10-23-51(44)62-54(47)48)39-27-25-36(26-28-39)37-29-31-40(32-30-37)58(49-21-8-4-15-42(49)43-16-5-9-22-50(43)58)41-33-34-46-45-18-7-11-24-52(45)63-53(46)35-41/h1-35H. The Morgan fingerprint density at radius 2 is 0.873 bits per heavy atom. The highest BCUT2D eigenvalue weighted by Gasteiger charge is 2.46. The number of para-hydroxylation sites is 2. The fraction of sp³-hybridized carbons (Fsp3) is 0.0172. The van der Waals surface area contributed by atoms with Crippen molar-refractivity contribution in [1.82, 2.24) is 15.0 Å². The molecule has 0 spiro atoms. The van der Waals surface area contributed by atoms with Gasteiger partial charge in [-0.25, -0.2) is 15.0 Å². The van der Waals surface area contributed by atoms with Gasteiger partial charge in [-0.15, -0.1) is 11.3 Å². The van der Waals surface area contributed by atoms with E-state index in [2.05, 4.69) is 152 Å². The molecule has 1 aliphatic rings. The maximum atomic E-state index is 6.43. The molecular formula is C58H35N3OS. The second-order valence-corrected chi connectivity index (χ2v) is 17.3. The van der Waals surface area contributed by atoms with Gasteiger partial charge < -0.3 is 4.42 Å². The minimum Gasteiger partial charge on any atom is -0.455 e. The number of nitrogens with zero attached hydrogens (tertiary/aromatic N) is 3. The molecule has 3 aromatic heterocycles. The molecule has 0 bridgehead atoms. The smallest absolute Gasteiger partial charge is 0.167 e. The molecule has 5 heteroatoms. The lowest BCUT2D eigenvalue weighted by Crippen LogP contribution is -2.28. The van der Waals surface area contributed by atoms with E-state index in [1.807, 2.05) is 72.0 Å². The van der Waals surface area contributed by atoms with Crippen molar-refractivity contribution in [3.63, 3.8) is 0 Å². The zero-order valence-electron chi connectivity index (χ0n) is 33.9. The van der Waals surface area contributed by atoms with Crippen molar-refractivity contribution in [1.29, 1.82) is 0 Å². The van der Waals surface area contributed by atoms with Crippen molar-refractivity contribution in [2.24, 2.45) is 0 Å².